The summed E-state index contributed by atoms with van der Waals surface area (Å²) in [6.07, 6.45) is 0.485. The lowest BCUT2D eigenvalue weighted by molar-refractivity contribution is 0.100. The third-order valence-electron chi connectivity index (χ3n) is 3.49. The van der Waals surface area contributed by atoms with Gasteiger partial charge in [-0.15, -0.1) is 0 Å². The van der Waals surface area contributed by atoms with Crippen LogP contribution in [-0.4, -0.2) is 16.0 Å². The Hall–Kier alpha value is -2.66. The molecule has 0 saturated carbocycles. The van der Waals surface area contributed by atoms with Gasteiger partial charge in [-0.2, -0.15) is 4.98 Å². The molecule has 0 spiro atoms. The first-order valence-corrected chi connectivity index (χ1v) is 7.38. The Morgan fingerprint density at radius 3 is 2.61 bits per heavy atom. The molecule has 2 N–H and O–H groups in total. The Morgan fingerprint density at radius 2 is 1.96 bits per heavy atom. The predicted molar refractivity (Wildman–Crippen MR) is 87.2 cm³/mol. The second-order valence-corrected chi connectivity index (χ2v) is 5.65. The topological polar surface area (TPSA) is 82.0 Å². The van der Waals surface area contributed by atoms with Gasteiger partial charge in [-0.25, -0.2) is 0 Å². The second kappa shape index (κ2) is 6.22. The first-order valence-electron chi connectivity index (χ1n) is 7.01. The van der Waals surface area contributed by atoms with Crippen LogP contribution >= 0.6 is 11.6 Å². The molecule has 2 aromatic carbocycles. The van der Waals surface area contributed by atoms with Gasteiger partial charge in [0.2, 0.25) is 17.6 Å². The molecule has 0 radical (unpaired) electrons. The van der Waals surface area contributed by atoms with Crippen LogP contribution in [0.1, 0.15) is 27.4 Å². The minimum absolute atomic E-state index is 0.449. The fraction of sp³-hybridized carbons (Fsp3) is 0.118. The lowest BCUT2D eigenvalue weighted by Gasteiger charge is -2.00. The molecule has 1 aromatic heterocycles. The third-order valence-corrected chi connectivity index (χ3v) is 3.73. The maximum atomic E-state index is 11.1. The highest BCUT2D eigenvalue weighted by molar-refractivity contribution is 6.30. The normalized spacial score (nSPS) is 10.7. The van der Waals surface area contributed by atoms with Gasteiger partial charge in [-0.05, 0) is 48.4 Å². The van der Waals surface area contributed by atoms with Gasteiger partial charge in [0, 0.05) is 16.1 Å². The van der Waals surface area contributed by atoms with E-state index in [1.54, 1.807) is 18.2 Å². The summed E-state index contributed by atoms with van der Waals surface area (Å²) in [5, 5.41) is 4.69. The molecule has 0 aliphatic rings. The van der Waals surface area contributed by atoms with Gasteiger partial charge in [0.05, 0.1) is 6.42 Å². The molecule has 3 aromatic rings. The SMILES string of the molecule is Cc1cc(Cl)ccc1-c1noc(Cc2ccc(C(N)=O)cc2)n1. The summed E-state index contributed by atoms with van der Waals surface area (Å²) >= 11 is 5.95. The molecule has 3 rings (SSSR count). The number of rotatable bonds is 4. The molecule has 0 aliphatic heterocycles. The third kappa shape index (κ3) is 3.40. The minimum atomic E-state index is -0.449. The van der Waals surface area contributed by atoms with Gasteiger partial charge in [-0.1, -0.05) is 28.9 Å². The average molecular weight is 328 g/mol. The number of carbonyl (C=O) groups excluding carboxylic acids is 1. The van der Waals surface area contributed by atoms with Crippen LogP contribution < -0.4 is 5.73 Å². The molecule has 0 saturated heterocycles. The van der Waals surface area contributed by atoms with E-state index in [0.29, 0.717) is 28.7 Å². The zero-order chi connectivity index (χ0) is 16.4. The Bertz CT molecular complexity index is 857. The van der Waals surface area contributed by atoms with Crippen molar-refractivity contribution in [3.63, 3.8) is 0 Å². The summed E-state index contributed by atoms with van der Waals surface area (Å²) in [5.41, 5.74) is 8.51. The molecule has 23 heavy (non-hydrogen) atoms. The molecule has 1 heterocycles. The first kappa shape index (κ1) is 15.2. The van der Waals surface area contributed by atoms with E-state index in [1.165, 1.54) is 0 Å². The van der Waals surface area contributed by atoms with Crippen LogP contribution in [0.4, 0.5) is 0 Å². The number of benzene rings is 2. The lowest BCUT2D eigenvalue weighted by Crippen LogP contribution is -2.10. The fourth-order valence-corrected chi connectivity index (χ4v) is 2.50. The number of carbonyl (C=O) groups is 1. The molecule has 5 nitrogen and oxygen atoms in total. The van der Waals surface area contributed by atoms with Crippen molar-refractivity contribution in [1.82, 2.24) is 10.1 Å². The smallest absolute Gasteiger partial charge is 0.248 e. The zero-order valence-electron chi connectivity index (χ0n) is 12.4. The Balaban J connectivity index is 1.80. The van der Waals surface area contributed by atoms with Gasteiger partial charge in [0.1, 0.15) is 0 Å². The molecule has 116 valence electrons. The summed E-state index contributed by atoms with van der Waals surface area (Å²) in [6, 6.07) is 12.5. The number of hydrogen-bond donors (Lipinski definition) is 1. The molecule has 6 heteroatoms. The highest BCUT2D eigenvalue weighted by Crippen LogP contribution is 2.24. The summed E-state index contributed by atoms with van der Waals surface area (Å²) in [4.78, 5) is 15.5. The number of nitrogens with two attached hydrogens (primary N) is 1. The van der Waals surface area contributed by atoms with Crippen LogP contribution in [0.25, 0.3) is 11.4 Å². The Labute approximate surface area is 138 Å². The highest BCUT2D eigenvalue weighted by atomic mass is 35.5. The van der Waals surface area contributed by atoms with Gasteiger partial charge in [0.15, 0.2) is 0 Å². The van der Waals surface area contributed by atoms with Gasteiger partial charge < -0.3 is 10.3 Å². The molecule has 0 bridgehead atoms. The van der Waals surface area contributed by atoms with E-state index in [2.05, 4.69) is 10.1 Å². The standard InChI is InChI=1S/C17H14ClN3O2/c1-10-8-13(18)6-7-14(10)17-20-15(23-21-17)9-11-2-4-12(5-3-11)16(19)22/h2-8H,9H2,1H3,(H2,19,22). The molecule has 0 atom stereocenters. The summed E-state index contributed by atoms with van der Waals surface area (Å²) < 4.78 is 5.30. The summed E-state index contributed by atoms with van der Waals surface area (Å²) in [6.45, 7) is 1.94. The van der Waals surface area contributed by atoms with E-state index in [1.807, 2.05) is 31.2 Å². The first-order chi connectivity index (χ1) is 11.0. The van der Waals surface area contributed by atoms with Crippen LogP contribution in [-0.2, 0) is 6.42 Å². The van der Waals surface area contributed by atoms with E-state index in [0.717, 1.165) is 16.7 Å². The molecule has 0 fully saturated rings. The molecule has 0 unspecified atom stereocenters. The van der Waals surface area contributed by atoms with Crippen LogP contribution in [0.2, 0.25) is 5.02 Å². The number of primary amides is 1. The number of hydrogen-bond acceptors (Lipinski definition) is 4. The zero-order valence-corrected chi connectivity index (χ0v) is 13.2. The van der Waals surface area contributed by atoms with Gasteiger partial charge >= 0.3 is 0 Å². The van der Waals surface area contributed by atoms with E-state index in [9.17, 15) is 4.79 Å². The number of halogens is 1. The van der Waals surface area contributed by atoms with Crippen LogP contribution in [0.3, 0.4) is 0 Å². The van der Waals surface area contributed by atoms with E-state index >= 15 is 0 Å². The maximum Gasteiger partial charge on any atom is 0.248 e. The minimum Gasteiger partial charge on any atom is -0.366 e. The van der Waals surface area contributed by atoms with Crippen molar-refractivity contribution < 1.29 is 9.32 Å². The molecular weight excluding hydrogens is 314 g/mol. The molecule has 1 amide bonds. The van der Waals surface area contributed by atoms with Crippen molar-refractivity contribution in [3.05, 3.63) is 70.1 Å². The van der Waals surface area contributed by atoms with Gasteiger partial charge in [0.25, 0.3) is 0 Å². The highest BCUT2D eigenvalue weighted by Gasteiger charge is 2.12. The molecule has 0 aliphatic carbocycles. The van der Waals surface area contributed by atoms with Crippen molar-refractivity contribution in [3.8, 4) is 11.4 Å². The van der Waals surface area contributed by atoms with Crippen LogP contribution in [0.5, 0.6) is 0 Å². The largest absolute Gasteiger partial charge is 0.366 e. The number of aryl methyl sites for hydroxylation is 1. The van der Waals surface area contributed by atoms with Crippen molar-refractivity contribution in [2.75, 3.05) is 0 Å². The fourth-order valence-electron chi connectivity index (χ4n) is 2.28. The van der Waals surface area contributed by atoms with Crippen molar-refractivity contribution in [2.45, 2.75) is 13.3 Å². The quantitative estimate of drug-likeness (QED) is 0.796. The van der Waals surface area contributed by atoms with Crippen LogP contribution in [0, 0.1) is 6.92 Å². The number of nitrogens with zero attached hydrogens (tertiary/aromatic N) is 2. The lowest BCUT2D eigenvalue weighted by atomic mass is 10.1. The molecular formula is C17H14ClN3O2. The number of amides is 1. The summed E-state index contributed by atoms with van der Waals surface area (Å²) in [7, 11) is 0. The Morgan fingerprint density at radius 1 is 1.22 bits per heavy atom. The second-order valence-electron chi connectivity index (χ2n) is 5.21. The maximum absolute atomic E-state index is 11.1. The Kier molecular flexibility index (Phi) is 4.12. The van der Waals surface area contributed by atoms with E-state index in [4.69, 9.17) is 21.9 Å². The van der Waals surface area contributed by atoms with Crippen molar-refractivity contribution in [2.24, 2.45) is 5.73 Å². The van der Waals surface area contributed by atoms with Crippen LogP contribution in [0.15, 0.2) is 47.0 Å². The predicted octanol–water partition coefficient (Wildman–Crippen LogP) is 3.39. The average Bonchev–Trinajstić information content (AvgIpc) is 2.96. The van der Waals surface area contributed by atoms with Crippen molar-refractivity contribution in [1.29, 1.82) is 0 Å². The van der Waals surface area contributed by atoms with E-state index in [-0.39, 0.29) is 0 Å². The number of aromatic nitrogens is 2. The monoisotopic (exact) mass is 327 g/mol. The van der Waals surface area contributed by atoms with Crippen molar-refractivity contribution >= 4 is 17.5 Å². The van der Waals surface area contributed by atoms with Gasteiger partial charge in [-0.3, -0.25) is 4.79 Å². The summed E-state index contributed by atoms with van der Waals surface area (Å²) in [5.74, 6) is 0.582. The van der Waals surface area contributed by atoms with E-state index < -0.39 is 5.91 Å².